The molecule has 0 aromatic heterocycles. The summed E-state index contributed by atoms with van der Waals surface area (Å²) in [6, 6.07) is 13.1. The van der Waals surface area contributed by atoms with Gasteiger partial charge in [0.1, 0.15) is 11.4 Å². The highest BCUT2D eigenvalue weighted by Crippen LogP contribution is 2.26. The van der Waals surface area contributed by atoms with Gasteiger partial charge >= 0.3 is 6.09 Å². The van der Waals surface area contributed by atoms with E-state index in [0.717, 1.165) is 30.5 Å². The predicted octanol–water partition coefficient (Wildman–Crippen LogP) is 4.97. The molecule has 4 nitrogen and oxygen atoms in total. The van der Waals surface area contributed by atoms with Gasteiger partial charge in [0.15, 0.2) is 0 Å². The maximum atomic E-state index is 13.7. The Morgan fingerprint density at radius 1 is 1.21 bits per heavy atom. The van der Waals surface area contributed by atoms with Gasteiger partial charge in [0, 0.05) is 30.7 Å². The van der Waals surface area contributed by atoms with Crippen LogP contribution in [-0.4, -0.2) is 35.7 Å². The first kappa shape index (κ1) is 21.6. The van der Waals surface area contributed by atoms with Crippen LogP contribution in [0, 0.1) is 5.82 Å². The van der Waals surface area contributed by atoms with Gasteiger partial charge in [-0.1, -0.05) is 29.8 Å². The van der Waals surface area contributed by atoms with Crippen LogP contribution in [0.1, 0.15) is 37.5 Å². The van der Waals surface area contributed by atoms with Crippen molar-refractivity contribution in [3.05, 3.63) is 70.0 Å². The quantitative estimate of drug-likeness (QED) is 0.745. The lowest BCUT2D eigenvalue weighted by atomic mass is 9.90. The lowest BCUT2D eigenvalue weighted by Gasteiger charge is -2.37. The number of nitrogens with one attached hydrogen (secondary N) is 1. The molecule has 1 unspecified atom stereocenters. The fourth-order valence-corrected chi connectivity index (χ4v) is 3.77. The summed E-state index contributed by atoms with van der Waals surface area (Å²) >= 11 is 6.01. The minimum Gasteiger partial charge on any atom is -0.444 e. The number of fused-ring (bicyclic) bond motifs is 1. The van der Waals surface area contributed by atoms with Crippen LogP contribution >= 0.6 is 11.6 Å². The molecule has 3 rings (SSSR count). The van der Waals surface area contributed by atoms with E-state index in [1.807, 2.05) is 51.1 Å². The molecule has 0 fully saturated rings. The molecule has 0 saturated heterocycles. The van der Waals surface area contributed by atoms with Gasteiger partial charge in [0.25, 0.3) is 0 Å². The zero-order valence-corrected chi connectivity index (χ0v) is 17.9. The van der Waals surface area contributed by atoms with E-state index in [2.05, 4.69) is 10.2 Å². The summed E-state index contributed by atoms with van der Waals surface area (Å²) in [5, 5.41) is 3.54. The number of halogens is 2. The van der Waals surface area contributed by atoms with Crippen molar-refractivity contribution in [2.45, 2.75) is 51.8 Å². The van der Waals surface area contributed by atoms with Crippen molar-refractivity contribution in [2.75, 3.05) is 13.1 Å². The highest BCUT2D eigenvalue weighted by atomic mass is 35.5. The third-order valence-electron chi connectivity index (χ3n) is 4.97. The van der Waals surface area contributed by atoms with Gasteiger partial charge in [-0.3, -0.25) is 4.90 Å². The fraction of sp³-hybridized carbons (Fsp3) is 0.435. The molecular formula is C23H28ClFN2O2. The molecule has 0 radical (unpaired) electrons. The summed E-state index contributed by atoms with van der Waals surface area (Å²) in [6.07, 6.45) is 1.19. The Balaban J connectivity index is 1.68. The van der Waals surface area contributed by atoms with Gasteiger partial charge in [-0.15, -0.1) is 0 Å². The number of nitrogens with zero attached hydrogens (tertiary/aromatic N) is 1. The standard InChI is InChI=1S/C23H28ClFN2O2/c1-23(2,3)29-22(28)26-10-11-27-15-17-6-9-20(25)13-18(17)14-21(27)12-16-4-7-19(24)8-5-16/h4-9,13,21H,10-12,14-15H2,1-3H3,(H,26,28). The summed E-state index contributed by atoms with van der Waals surface area (Å²) < 4.78 is 19.0. The number of carbonyl (C=O) groups excluding carboxylic acids is 1. The molecule has 0 bridgehead atoms. The minimum absolute atomic E-state index is 0.200. The molecule has 1 aliphatic rings. The molecular weight excluding hydrogens is 391 g/mol. The van der Waals surface area contributed by atoms with Crippen molar-refractivity contribution in [1.82, 2.24) is 10.2 Å². The summed E-state index contributed by atoms with van der Waals surface area (Å²) in [4.78, 5) is 14.3. The van der Waals surface area contributed by atoms with E-state index in [1.54, 1.807) is 6.07 Å². The molecule has 0 spiro atoms. The maximum Gasteiger partial charge on any atom is 0.407 e. The smallest absolute Gasteiger partial charge is 0.407 e. The summed E-state index contributed by atoms with van der Waals surface area (Å²) in [5.41, 5.74) is 2.86. The Morgan fingerprint density at radius 2 is 1.93 bits per heavy atom. The molecule has 1 aliphatic heterocycles. The van der Waals surface area contributed by atoms with E-state index in [9.17, 15) is 9.18 Å². The van der Waals surface area contributed by atoms with Gasteiger partial charge in [-0.05, 0) is 74.6 Å². The van der Waals surface area contributed by atoms with Crippen LogP contribution < -0.4 is 5.32 Å². The molecule has 1 amide bonds. The Bertz CT molecular complexity index is 849. The number of carbonyl (C=O) groups is 1. The lowest BCUT2D eigenvalue weighted by Crippen LogP contribution is -2.46. The van der Waals surface area contributed by atoms with Crippen LogP contribution in [0.3, 0.4) is 0 Å². The molecule has 156 valence electrons. The average Bonchev–Trinajstić information content (AvgIpc) is 2.62. The molecule has 2 aromatic carbocycles. The van der Waals surface area contributed by atoms with Crippen molar-refractivity contribution in [3.63, 3.8) is 0 Å². The van der Waals surface area contributed by atoms with Gasteiger partial charge in [-0.2, -0.15) is 0 Å². The van der Waals surface area contributed by atoms with Gasteiger partial charge in [0.2, 0.25) is 0 Å². The van der Waals surface area contributed by atoms with Crippen molar-refractivity contribution < 1.29 is 13.9 Å². The molecule has 1 N–H and O–H groups in total. The molecule has 2 aromatic rings. The monoisotopic (exact) mass is 418 g/mol. The van der Waals surface area contributed by atoms with Crippen molar-refractivity contribution in [3.8, 4) is 0 Å². The van der Waals surface area contributed by atoms with Crippen LogP contribution in [-0.2, 0) is 24.1 Å². The summed E-state index contributed by atoms with van der Waals surface area (Å²) in [5.74, 6) is -0.200. The van der Waals surface area contributed by atoms with Crippen molar-refractivity contribution in [2.24, 2.45) is 0 Å². The number of alkyl carbamates (subject to hydrolysis) is 1. The van der Waals surface area contributed by atoms with Crippen molar-refractivity contribution >= 4 is 17.7 Å². The van der Waals surface area contributed by atoms with Gasteiger partial charge in [-0.25, -0.2) is 9.18 Å². The van der Waals surface area contributed by atoms with Crippen LogP contribution in [0.2, 0.25) is 5.02 Å². The predicted molar refractivity (Wildman–Crippen MR) is 114 cm³/mol. The Morgan fingerprint density at radius 3 is 2.62 bits per heavy atom. The summed E-state index contributed by atoms with van der Waals surface area (Å²) in [7, 11) is 0. The Hall–Kier alpha value is -2.11. The molecule has 0 saturated carbocycles. The maximum absolute atomic E-state index is 13.7. The first-order valence-electron chi connectivity index (χ1n) is 9.92. The number of amides is 1. The summed E-state index contributed by atoms with van der Waals surface area (Å²) in [6.45, 7) is 7.43. The van der Waals surface area contributed by atoms with E-state index in [4.69, 9.17) is 16.3 Å². The van der Waals surface area contributed by atoms with E-state index < -0.39 is 11.7 Å². The van der Waals surface area contributed by atoms with E-state index in [1.165, 1.54) is 11.6 Å². The van der Waals surface area contributed by atoms with E-state index in [-0.39, 0.29) is 11.9 Å². The van der Waals surface area contributed by atoms with Gasteiger partial charge < -0.3 is 10.1 Å². The normalized spacial score (nSPS) is 16.9. The fourth-order valence-electron chi connectivity index (χ4n) is 3.64. The molecule has 1 heterocycles. The lowest BCUT2D eigenvalue weighted by molar-refractivity contribution is 0.0515. The van der Waals surface area contributed by atoms with Gasteiger partial charge in [0.05, 0.1) is 0 Å². The molecule has 0 aliphatic carbocycles. The molecule has 1 atom stereocenters. The first-order valence-corrected chi connectivity index (χ1v) is 10.3. The first-order chi connectivity index (χ1) is 13.7. The second-order valence-electron chi connectivity index (χ2n) is 8.50. The number of hydrogen-bond donors (Lipinski definition) is 1. The SMILES string of the molecule is CC(C)(C)OC(=O)NCCN1Cc2ccc(F)cc2CC1Cc1ccc(Cl)cc1. The zero-order chi connectivity index (χ0) is 21.0. The number of rotatable bonds is 5. The van der Waals surface area contributed by atoms with Crippen LogP contribution in [0.15, 0.2) is 42.5 Å². The van der Waals surface area contributed by atoms with Crippen LogP contribution in [0.5, 0.6) is 0 Å². The minimum atomic E-state index is -0.519. The number of ether oxygens (including phenoxy) is 1. The largest absolute Gasteiger partial charge is 0.444 e. The van der Waals surface area contributed by atoms with E-state index >= 15 is 0 Å². The van der Waals surface area contributed by atoms with Crippen LogP contribution in [0.4, 0.5) is 9.18 Å². The van der Waals surface area contributed by atoms with E-state index in [0.29, 0.717) is 18.1 Å². The molecule has 29 heavy (non-hydrogen) atoms. The average molecular weight is 419 g/mol. The Labute approximate surface area is 177 Å². The number of benzene rings is 2. The zero-order valence-electron chi connectivity index (χ0n) is 17.2. The Kier molecular flexibility index (Phi) is 6.81. The second kappa shape index (κ2) is 9.14. The molecule has 6 heteroatoms. The van der Waals surface area contributed by atoms with Crippen molar-refractivity contribution in [1.29, 1.82) is 0 Å². The number of hydrogen-bond acceptors (Lipinski definition) is 3. The second-order valence-corrected chi connectivity index (χ2v) is 8.94. The highest BCUT2D eigenvalue weighted by Gasteiger charge is 2.27. The highest BCUT2D eigenvalue weighted by molar-refractivity contribution is 6.30. The third kappa shape index (κ3) is 6.44. The third-order valence-corrected chi connectivity index (χ3v) is 5.22. The topological polar surface area (TPSA) is 41.6 Å². The van der Waals surface area contributed by atoms with Crippen LogP contribution in [0.25, 0.3) is 0 Å².